The number of phenolic OH excluding ortho intramolecular Hbond substituents is 1. The first kappa shape index (κ1) is 11.7. The molecule has 0 aliphatic carbocycles. The predicted molar refractivity (Wildman–Crippen MR) is 66.8 cm³/mol. The minimum absolute atomic E-state index is 0.161. The van der Waals surface area contributed by atoms with Crippen molar-refractivity contribution >= 4 is 0 Å². The SMILES string of the molecule is CC(NC(C)c1ccco1)c1ccc(O)cc1. The highest BCUT2D eigenvalue weighted by molar-refractivity contribution is 5.27. The summed E-state index contributed by atoms with van der Waals surface area (Å²) in [5.74, 6) is 1.22. The molecule has 3 nitrogen and oxygen atoms in total. The third-order valence-corrected chi connectivity index (χ3v) is 2.86. The lowest BCUT2D eigenvalue weighted by molar-refractivity contribution is 0.402. The van der Waals surface area contributed by atoms with E-state index in [4.69, 9.17) is 4.42 Å². The van der Waals surface area contributed by atoms with Crippen LogP contribution >= 0.6 is 0 Å². The first-order chi connectivity index (χ1) is 8.16. The van der Waals surface area contributed by atoms with Crippen molar-refractivity contribution in [3.8, 4) is 5.75 Å². The van der Waals surface area contributed by atoms with Crippen LogP contribution in [0.25, 0.3) is 0 Å². The third-order valence-electron chi connectivity index (χ3n) is 2.86. The summed E-state index contributed by atoms with van der Waals surface area (Å²) in [6, 6.07) is 11.4. The Balaban J connectivity index is 2.01. The molecule has 3 heteroatoms. The van der Waals surface area contributed by atoms with Gasteiger partial charge in [0.05, 0.1) is 12.3 Å². The summed E-state index contributed by atoms with van der Waals surface area (Å²) in [6.45, 7) is 4.15. The van der Waals surface area contributed by atoms with Crippen LogP contribution in [0.4, 0.5) is 0 Å². The summed E-state index contributed by atoms with van der Waals surface area (Å²) in [5, 5.41) is 12.7. The van der Waals surface area contributed by atoms with Gasteiger partial charge in [-0.15, -0.1) is 0 Å². The van der Waals surface area contributed by atoms with Crippen LogP contribution in [-0.2, 0) is 0 Å². The van der Waals surface area contributed by atoms with Gasteiger partial charge in [0.2, 0.25) is 0 Å². The third kappa shape index (κ3) is 2.88. The van der Waals surface area contributed by atoms with E-state index in [9.17, 15) is 5.11 Å². The van der Waals surface area contributed by atoms with Crippen molar-refractivity contribution in [3.63, 3.8) is 0 Å². The molecule has 0 amide bonds. The molecule has 0 spiro atoms. The van der Waals surface area contributed by atoms with Crippen molar-refractivity contribution < 1.29 is 9.52 Å². The van der Waals surface area contributed by atoms with Crippen molar-refractivity contribution in [2.45, 2.75) is 25.9 Å². The lowest BCUT2D eigenvalue weighted by atomic mass is 10.1. The maximum absolute atomic E-state index is 9.24. The Morgan fingerprint density at radius 1 is 1.06 bits per heavy atom. The van der Waals surface area contributed by atoms with Gasteiger partial charge in [0.15, 0.2) is 0 Å². The van der Waals surface area contributed by atoms with Crippen molar-refractivity contribution in [1.82, 2.24) is 5.32 Å². The largest absolute Gasteiger partial charge is 0.508 e. The minimum atomic E-state index is 0.161. The molecule has 2 aromatic rings. The summed E-state index contributed by atoms with van der Waals surface area (Å²) in [5.41, 5.74) is 1.14. The molecule has 2 atom stereocenters. The van der Waals surface area contributed by atoms with Crippen LogP contribution in [0.1, 0.15) is 37.3 Å². The fraction of sp³-hybridized carbons (Fsp3) is 0.286. The van der Waals surface area contributed by atoms with Gasteiger partial charge in [0.25, 0.3) is 0 Å². The van der Waals surface area contributed by atoms with E-state index in [-0.39, 0.29) is 12.1 Å². The number of hydrogen-bond acceptors (Lipinski definition) is 3. The zero-order valence-corrected chi connectivity index (χ0v) is 10.1. The van der Waals surface area contributed by atoms with Crippen LogP contribution in [0.3, 0.4) is 0 Å². The van der Waals surface area contributed by atoms with Crippen LogP contribution in [0, 0.1) is 0 Å². The molecule has 0 aliphatic rings. The highest BCUT2D eigenvalue weighted by Gasteiger charge is 2.12. The minimum Gasteiger partial charge on any atom is -0.508 e. The van der Waals surface area contributed by atoms with Crippen molar-refractivity contribution in [2.75, 3.05) is 0 Å². The van der Waals surface area contributed by atoms with Crippen LogP contribution < -0.4 is 5.32 Å². The van der Waals surface area contributed by atoms with Gasteiger partial charge in [-0.3, -0.25) is 0 Å². The predicted octanol–water partition coefficient (Wildman–Crippen LogP) is 3.40. The smallest absolute Gasteiger partial charge is 0.120 e. The van der Waals surface area contributed by atoms with E-state index in [1.807, 2.05) is 24.3 Å². The van der Waals surface area contributed by atoms with Crippen molar-refractivity contribution in [2.24, 2.45) is 0 Å². The molecular weight excluding hydrogens is 214 g/mol. The summed E-state index contributed by atoms with van der Waals surface area (Å²) in [6.07, 6.45) is 1.68. The van der Waals surface area contributed by atoms with Gasteiger partial charge >= 0.3 is 0 Å². The van der Waals surface area contributed by atoms with Gasteiger partial charge in [-0.2, -0.15) is 0 Å². The van der Waals surface area contributed by atoms with E-state index in [1.165, 1.54) is 0 Å². The number of phenols is 1. The summed E-state index contributed by atoms with van der Waals surface area (Å²) >= 11 is 0. The van der Waals surface area contributed by atoms with Crippen LogP contribution in [0.2, 0.25) is 0 Å². The molecule has 0 saturated heterocycles. The molecule has 1 aromatic heterocycles. The van der Waals surface area contributed by atoms with E-state index in [0.29, 0.717) is 5.75 Å². The van der Waals surface area contributed by atoms with Gasteiger partial charge in [-0.05, 0) is 43.7 Å². The van der Waals surface area contributed by atoms with E-state index in [0.717, 1.165) is 11.3 Å². The quantitative estimate of drug-likeness (QED) is 0.847. The Labute approximate surface area is 101 Å². The molecule has 1 heterocycles. The van der Waals surface area contributed by atoms with E-state index < -0.39 is 0 Å². The Bertz CT molecular complexity index is 448. The summed E-state index contributed by atoms with van der Waals surface area (Å²) in [4.78, 5) is 0. The molecule has 0 fully saturated rings. The normalized spacial score (nSPS) is 14.5. The second kappa shape index (κ2) is 5.06. The average Bonchev–Trinajstić information content (AvgIpc) is 2.83. The van der Waals surface area contributed by atoms with E-state index >= 15 is 0 Å². The molecule has 2 unspecified atom stereocenters. The lowest BCUT2D eigenvalue weighted by Gasteiger charge is -2.18. The van der Waals surface area contributed by atoms with Gasteiger partial charge < -0.3 is 14.8 Å². The van der Waals surface area contributed by atoms with Gasteiger partial charge in [-0.1, -0.05) is 12.1 Å². The number of benzene rings is 1. The standard InChI is InChI=1S/C14H17NO2/c1-10(12-5-7-13(16)8-6-12)15-11(2)14-4-3-9-17-14/h3-11,15-16H,1-2H3. The highest BCUT2D eigenvalue weighted by Crippen LogP contribution is 2.21. The van der Waals surface area contributed by atoms with Gasteiger partial charge in [0.1, 0.15) is 11.5 Å². The van der Waals surface area contributed by atoms with Gasteiger partial charge in [-0.25, -0.2) is 0 Å². The van der Waals surface area contributed by atoms with Crippen LogP contribution in [0.15, 0.2) is 47.1 Å². The zero-order valence-electron chi connectivity index (χ0n) is 10.1. The zero-order chi connectivity index (χ0) is 12.3. The lowest BCUT2D eigenvalue weighted by Crippen LogP contribution is -2.22. The topological polar surface area (TPSA) is 45.4 Å². The molecule has 2 N–H and O–H groups in total. The Hall–Kier alpha value is -1.74. The Morgan fingerprint density at radius 2 is 1.76 bits per heavy atom. The monoisotopic (exact) mass is 231 g/mol. The molecule has 90 valence electrons. The highest BCUT2D eigenvalue weighted by atomic mass is 16.3. The Morgan fingerprint density at radius 3 is 2.35 bits per heavy atom. The van der Waals surface area contributed by atoms with Crippen molar-refractivity contribution in [1.29, 1.82) is 0 Å². The average molecular weight is 231 g/mol. The number of hydrogen-bond donors (Lipinski definition) is 2. The van der Waals surface area contributed by atoms with E-state index in [2.05, 4.69) is 19.2 Å². The number of furan rings is 1. The first-order valence-electron chi connectivity index (χ1n) is 5.75. The molecule has 0 saturated carbocycles. The molecule has 0 bridgehead atoms. The van der Waals surface area contributed by atoms with E-state index in [1.54, 1.807) is 18.4 Å². The fourth-order valence-electron chi connectivity index (χ4n) is 1.85. The molecule has 0 aliphatic heterocycles. The molecule has 17 heavy (non-hydrogen) atoms. The fourth-order valence-corrected chi connectivity index (χ4v) is 1.85. The molecule has 1 aromatic carbocycles. The number of aromatic hydroxyl groups is 1. The van der Waals surface area contributed by atoms with Crippen LogP contribution in [-0.4, -0.2) is 5.11 Å². The van der Waals surface area contributed by atoms with Gasteiger partial charge in [0, 0.05) is 6.04 Å². The number of rotatable bonds is 4. The maximum Gasteiger partial charge on any atom is 0.120 e. The first-order valence-corrected chi connectivity index (χ1v) is 5.75. The Kier molecular flexibility index (Phi) is 3.49. The molecule has 2 rings (SSSR count). The maximum atomic E-state index is 9.24. The molecule has 0 radical (unpaired) electrons. The second-order valence-electron chi connectivity index (χ2n) is 4.22. The second-order valence-corrected chi connectivity index (χ2v) is 4.22. The van der Waals surface area contributed by atoms with Crippen molar-refractivity contribution in [3.05, 3.63) is 54.0 Å². The number of nitrogens with one attached hydrogen (secondary N) is 1. The summed E-state index contributed by atoms with van der Waals surface area (Å²) in [7, 11) is 0. The van der Waals surface area contributed by atoms with Crippen LogP contribution in [0.5, 0.6) is 5.75 Å². The summed E-state index contributed by atoms with van der Waals surface area (Å²) < 4.78 is 5.35. The molecular formula is C14H17NO2.